The highest BCUT2D eigenvalue weighted by Crippen LogP contribution is 2.34. The van der Waals surface area contributed by atoms with E-state index in [1.54, 1.807) is 0 Å². The van der Waals surface area contributed by atoms with Gasteiger partial charge in [-0.25, -0.2) is 0 Å². The Bertz CT molecular complexity index is 2370. The van der Waals surface area contributed by atoms with Crippen molar-refractivity contribution in [3.05, 3.63) is 187 Å². The molecule has 3 nitrogen and oxygen atoms in total. The van der Waals surface area contributed by atoms with Crippen LogP contribution in [0.3, 0.4) is 0 Å². The van der Waals surface area contributed by atoms with E-state index in [9.17, 15) is 10.5 Å². The third-order valence-corrected chi connectivity index (χ3v) is 14.1. The molecule has 0 fully saturated rings. The zero-order valence-electron chi connectivity index (χ0n) is 26.1. The van der Waals surface area contributed by atoms with Crippen LogP contribution in [0.15, 0.2) is 176 Å². The molecule has 0 aliphatic carbocycles. The molecule has 0 radical (unpaired) electrons. The Morgan fingerprint density at radius 3 is 1.44 bits per heavy atom. The Morgan fingerprint density at radius 1 is 0.438 bits per heavy atom. The number of nitrogens with zero attached hydrogens (tertiary/aromatic N) is 3. The lowest BCUT2D eigenvalue weighted by Crippen LogP contribution is -2.74. The molecular formula is C44H29N3Si. The molecule has 4 heteroatoms. The zero-order valence-corrected chi connectivity index (χ0v) is 27.1. The van der Waals surface area contributed by atoms with Crippen molar-refractivity contribution < 1.29 is 0 Å². The quantitative estimate of drug-likeness (QED) is 0.141. The molecule has 1 heterocycles. The normalized spacial score (nSPS) is 11.3. The van der Waals surface area contributed by atoms with Gasteiger partial charge in [-0.05, 0) is 68.3 Å². The molecule has 0 unspecified atom stereocenters. The van der Waals surface area contributed by atoms with Crippen molar-refractivity contribution >= 4 is 50.6 Å². The molecule has 0 saturated heterocycles. The molecule has 48 heavy (non-hydrogen) atoms. The van der Waals surface area contributed by atoms with Gasteiger partial charge in [-0.1, -0.05) is 140 Å². The first-order valence-electron chi connectivity index (χ1n) is 16.0. The summed E-state index contributed by atoms with van der Waals surface area (Å²) < 4.78 is 2.23. The minimum atomic E-state index is -2.89. The van der Waals surface area contributed by atoms with E-state index in [0.717, 1.165) is 33.0 Å². The van der Waals surface area contributed by atoms with Gasteiger partial charge in [0.2, 0.25) is 0 Å². The zero-order chi connectivity index (χ0) is 32.5. The van der Waals surface area contributed by atoms with Crippen LogP contribution in [0.1, 0.15) is 11.1 Å². The van der Waals surface area contributed by atoms with Gasteiger partial charge in [-0.3, -0.25) is 0 Å². The van der Waals surface area contributed by atoms with Crippen LogP contribution in [0.2, 0.25) is 0 Å². The van der Waals surface area contributed by atoms with Crippen molar-refractivity contribution in [1.29, 1.82) is 10.5 Å². The summed E-state index contributed by atoms with van der Waals surface area (Å²) in [6.45, 7) is 0. The van der Waals surface area contributed by atoms with Gasteiger partial charge in [-0.2, -0.15) is 10.5 Å². The minimum Gasteiger partial charge on any atom is -0.309 e. The molecule has 0 saturated carbocycles. The maximum atomic E-state index is 10.6. The summed E-state index contributed by atoms with van der Waals surface area (Å²) in [6.07, 6.45) is 0. The van der Waals surface area contributed by atoms with Crippen LogP contribution in [-0.2, 0) is 0 Å². The third-order valence-electron chi connectivity index (χ3n) is 9.39. The van der Waals surface area contributed by atoms with E-state index in [1.807, 2.05) is 36.4 Å². The summed E-state index contributed by atoms with van der Waals surface area (Å²) >= 11 is 0. The third kappa shape index (κ3) is 4.64. The van der Waals surface area contributed by atoms with Crippen molar-refractivity contribution in [2.75, 3.05) is 0 Å². The first-order chi connectivity index (χ1) is 23.7. The minimum absolute atomic E-state index is 0.557. The van der Waals surface area contributed by atoms with Gasteiger partial charge in [0.25, 0.3) is 0 Å². The molecule has 0 spiro atoms. The lowest BCUT2D eigenvalue weighted by Gasteiger charge is -2.35. The van der Waals surface area contributed by atoms with Crippen LogP contribution in [0.5, 0.6) is 0 Å². The Labute approximate surface area is 280 Å². The van der Waals surface area contributed by atoms with Crippen molar-refractivity contribution in [3.63, 3.8) is 0 Å². The molecule has 8 rings (SSSR count). The lowest BCUT2D eigenvalue weighted by atomic mass is 9.98. The molecular weight excluding hydrogens is 599 g/mol. The summed E-state index contributed by atoms with van der Waals surface area (Å²) in [5.41, 5.74) is 5.89. The van der Waals surface area contributed by atoms with E-state index in [1.165, 1.54) is 26.3 Å². The second-order valence-electron chi connectivity index (χ2n) is 12.0. The fourth-order valence-electron chi connectivity index (χ4n) is 7.34. The summed E-state index contributed by atoms with van der Waals surface area (Å²) in [4.78, 5) is 0. The van der Waals surface area contributed by atoms with Gasteiger partial charge >= 0.3 is 0 Å². The number of hydrogen-bond donors (Lipinski definition) is 0. The maximum Gasteiger partial charge on any atom is 0.179 e. The number of fused-ring (bicyclic) bond motifs is 3. The van der Waals surface area contributed by atoms with E-state index < -0.39 is 8.07 Å². The molecule has 0 atom stereocenters. The number of aromatic nitrogens is 1. The van der Waals surface area contributed by atoms with Crippen molar-refractivity contribution in [2.45, 2.75) is 0 Å². The summed E-state index contributed by atoms with van der Waals surface area (Å²) in [7, 11) is -2.89. The van der Waals surface area contributed by atoms with Crippen LogP contribution in [0.25, 0.3) is 38.6 Å². The number of para-hydroxylation sites is 2. The largest absolute Gasteiger partial charge is 0.309 e. The van der Waals surface area contributed by atoms with E-state index >= 15 is 0 Å². The predicted molar refractivity (Wildman–Crippen MR) is 199 cm³/mol. The standard InChI is InChI=1S/C44H29N3Si/c45-30-32-26-33(40-25-24-35(28-34(40)31-46)47-43-22-12-10-20-41(43)42-21-11-13-23-44(42)47)29-39(27-32)48(36-14-4-1-5-15-36,37-16-6-2-7-17-37)38-18-8-3-9-19-38/h1-29H. The molecule has 224 valence electrons. The van der Waals surface area contributed by atoms with Gasteiger partial charge < -0.3 is 4.57 Å². The van der Waals surface area contributed by atoms with Gasteiger partial charge in [0, 0.05) is 16.5 Å². The topological polar surface area (TPSA) is 52.5 Å². The average Bonchev–Trinajstić information content (AvgIpc) is 3.50. The first kappa shape index (κ1) is 29.0. The summed E-state index contributed by atoms with van der Waals surface area (Å²) in [5.74, 6) is 0. The first-order valence-corrected chi connectivity index (χ1v) is 18.0. The predicted octanol–water partition coefficient (Wildman–Crippen LogP) is 7.57. The number of benzene rings is 7. The molecule has 8 aromatic rings. The van der Waals surface area contributed by atoms with Gasteiger partial charge in [0.15, 0.2) is 8.07 Å². The Balaban J connectivity index is 1.38. The SMILES string of the molecule is N#Cc1cc(-c2ccc(-n3c4ccccc4c4ccccc43)cc2C#N)cc([Si](c2ccccc2)(c2ccccc2)c2ccccc2)c1. The number of rotatable bonds is 6. The maximum absolute atomic E-state index is 10.6. The van der Waals surface area contributed by atoms with Crippen LogP contribution in [-0.4, -0.2) is 12.6 Å². The number of hydrogen-bond acceptors (Lipinski definition) is 2. The lowest BCUT2D eigenvalue weighted by molar-refractivity contribution is 1.18. The Hall–Kier alpha value is -6.46. The smallest absolute Gasteiger partial charge is 0.179 e. The Kier molecular flexibility index (Phi) is 7.27. The van der Waals surface area contributed by atoms with Crippen LogP contribution in [0.4, 0.5) is 0 Å². The van der Waals surface area contributed by atoms with Crippen LogP contribution >= 0.6 is 0 Å². The highest BCUT2D eigenvalue weighted by Gasteiger charge is 2.41. The van der Waals surface area contributed by atoms with Crippen molar-refractivity contribution in [3.8, 4) is 29.0 Å². The van der Waals surface area contributed by atoms with Gasteiger partial charge in [-0.15, -0.1) is 0 Å². The molecule has 0 aliphatic heterocycles. The monoisotopic (exact) mass is 627 g/mol. The van der Waals surface area contributed by atoms with Crippen LogP contribution < -0.4 is 20.7 Å². The molecule has 1 aromatic heterocycles. The second-order valence-corrected chi connectivity index (χ2v) is 15.8. The highest BCUT2D eigenvalue weighted by molar-refractivity contribution is 7.19. The molecule has 0 aliphatic rings. The Morgan fingerprint density at radius 2 is 0.938 bits per heavy atom. The van der Waals surface area contributed by atoms with Crippen molar-refractivity contribution in [1.82, 2.24) is 4.57 Å². The van der Waals surface area contributed by atoms with E-state index in [0.29, 0.717) is 11.1 Å². The van der Waals surface area contributed by atoms with E-state index in [2.05, 4.69) is 156 Å². The molecule has 0 bridgehead atoms. The van der Waals surface area contributed by atoms with E-state index in [-0.39, 0.29) is 0 Å². The summed E-state index contributed by atoms with van der Waals surface area (Å²) in [6, 6.07) is 66.0. The number of nitriles is 2. The van der Waals surface area contributed by atoms with Gasteiger partial charge in [0.1, 0.15) is 0 Å². The second kappa shape index (κ2) is 12.0. The van der Waals surface area contributed by atoms with E-state index in [4.69, 9.17) is 0 Å². The van der Waals surface area contributed by atoms with Gasteiger partial charge in [0.05, 0.1) is 34.3 Å². The fraction of sp³-hybridized carbons (Fsp3) is 0. The summed E-state index contributed by atoms with van der Waals surface area (Å²) in [5, 5.41) is 28.1. The molecule has 7 aromatic carbocycles. The molecule has 0 amide bonds. The van der Waals surface area contributed by atoms with Crippen molar-refractivity contribution in [2.24, 2.45) is 0 Å². The average molecular weight is 628 g/mol. The molecule has 0 N–H and O–H groups in total. The fourth-order valence-corrected chi connectivity index (χ4v) is 12.2. The van der Waals surface area contributed by atoms with Crippen LogP contribution in [0, 0.1) is 22.7 Å². The highest BCUT2D eigenvalue weighted by atomic mass is 28.3.